The van der Waals surface area contributed by atoms with E-state index in [-0.39, 0.29) is 17.8 Å². The predicted octanol–water partition coefficient (Wildman–Crippen LogP) is 1.60. The van der Waals surface area contributed by atoms with Crippen molar-refractivity contribution in [3.63, 3.8) is 0 Å². The van der Waals surface area contributed by atoms with Gasteiger partial charge in [-0.25, -0.2) is 0 Å². The first-order valence-corrected chi connectivity index (χ1v) is 6.87. The molecule has 4 nitrogen and oxygen atoms in total. The molecule has 2 rings (SSSR count). The molecule has 0 aliphatic heterocycles. The molecule has 3 N–H and O–H groups in total. The Labute approximate surface area is 113 Å². The third-order valence-corrected chi connectivity index (χ3v) is 3.71. The Bertz CT molecular complexity index is 433. The summed E-state index contributed by atoms with van der Waals surface area (Å²) >= 11 is 0. The number of hydrogen-bond acceptors (Lipinski definition) is 3. The fourth-order valence-corrected chi connectivity index (χ4v) is 2.55. The number of nitrogens with one attached hydrogen (secondary N) is 1. The van der Waals surface area contributed by atoms with Crippen molar-refractivity contribution in [1.82, 2.24) is 5.32 Å². The van der Waals surface area contributed by atoms with Crippen LogP contribution in [0.2, 0.25) is 0 Å². The molecule has 1 saturated carbocycles. The smallest absolute Gasteiger partial charge is 0.220 e. The fraction of sp³-hybridized carbons (Fsp3) is 0.533. The van der Waals surface area contributed by atoms with Crippen LogP contribution in [-0.4, -0.2) is 28.8 Å². The topological polar surface area (TPSA) is 69.6 Å². The van der Waals surface area contributed by atoms with E-state index in [0.717, 1.165) is 24.8 Å². The van der Waals surface area contributed by atoms with Crippen molar-refractivity contribution in [3.8, 4) is 5.75 Å². The second-order valence-corrected chi connectivity index (χ2v) is 5.27. The highest BCUT2D eigenvalue weighted by Crippen LogP contribution is 2.24. The van der Waals surface area contributed by atoms with E-state index in [4.69, 9.17) is 0 Å². The van der Waals surface area contributed by atoms with Gasteiger partial charge in [0.05, 0.1) is 6.10 Å². The quantitative estimate of drug-likeness (QED) is 0.756. The van der Waals surface area contributed by atoms with Gasteiger partial charge in [-0.3, -0.25) is 4.79 Å². The Morgan fingerprint density at radius 2 is 2.11 bits per heavy atom. The van der Waals surface area contributed by atoms with Crippen LogP contribution < -0.4 is 5.32 Å². The molecule has 0 aromatic heterocycles. The highest BCUT2D eigenvalue weighted by atomic mass is 16.3. The molecule has 1 aromatic rings. The number of aryl methyl sites for hydroxylation is 1. The summed E-state index contributed by atoms with van der Waals surface area (Å²) in [6, 6.07) is 7.08. The van der Waals surface area contributed by atoms with Gasteiger partial charge in [0.15, 0.2) is 0 Å². The number of aliphatic hydroxyl groups excluding tert-OH is 1. The van der Waals surface area contributed by atoms with E-state index in [0.29, 0.717) is 25.3 Å². The number of carbonyl (C=O) groups excluding carboxylic acids is 1. The number of amides is 1. The maximum absolute atomic E-state index is 11.7. The minimum Gasteiger partial charge on any atom is -0.508 e. The molecule has 1 amide bonds. The Morgan fingerprint density at radius 1 is 1.32 bits per heavy atom. The van der Waals surface area contributed by atoms with E-state index in [9.17, 15) is 15.0 Å². The number of benzene rings is 1. The van der Waals surface area contributed by atoms with Gasteiger partial charge in [0.1, 0.15) is 5.75 Å². The normalized spacial score (nSPS) is 22.4. The average Bonchev–Trinajstić information content (AvgIpc) is 2.81. The molecule has 0 heterocycles. The molecule has 104 valence electrons. The van der Waals surface area contributed by atoms with Gasteiger partial charge in [0, 0.05) is 13.0 Å². The van der Waals surface area contributed by atoms with Gasteiger partial charge in [-0.05, 0) is 43.2 Å². The molecule has 2 atom stereocenters. The van der Waals surface area contributed by atoms with Crippen LogP contribution in [0.15, 0.2) is 24.3 Å². The summed E-state index contributed by atoms with van der Waals surface area (Å²) in [5.74, 6) is 0.655. The van der Waals surface area contributed by atoms with Gasteiger partial charge in [0.2, 0.25) is 5.91 Å². The SMILES string of the molecule is O=C(CCc1ccccc1O)NCC1CCC(O)C1. The van der Waals surface area contributed by atoms with Crippen LogP contribution in [0, 0.1) is 5.92 Å². The number of carbonyl (C=O) groups is 1. The number of phenols is 1. The lowest BCUT2D eigenvalue weighted by Crippen LogP contribution is -2.28. The molecule has 1 aromatic carbocycles. The largest absolute Gasteiger partial charge is 0.508 e. The molecule has 2 unspecified atom stereocenters. The van der Waals surface area contributed by atoms with E-state index >= 15 is 0 Å². The van der Waals surface area contributed by atoms with Crippen molar-refractivity contribution in [2.45, 2.75) is 38.2 Å². The predicted molar refractivity (Wildman–Crippen MR) is 72.8 cm³/mol. The number of phenolic OH excluding ortho intramolecular Hbond substituents is 1. The Morgan fingerprint density at radius 3 is 2.79 bits per heavy atom. The molecule has 0 bridgehead atoms. The zero-order valence-electron chi connectivity index (χ0n) is 11.0. The molecule has 0 saturated heterocycles. The molecule has 1 aliphatic carbocycles. The molecule has 1 aliphatic rings. The van der Waals surface area contributed by atoms with Gasteiger partial charge in [-0.2, -0.15) is 0 Å². The lowest BCUT2D eigenvalue weighted by molar-refractivity contribution is -0.121. The van der Waals surface area contributed by atoms with Gasteiger partial charge in [0.25, 0.3) is 0 Å². The maximum Gasteiger partial charge on any atom is 0.220 e. The van der Waals surface area contributed by atoms with Crippen LogP contribution in [0.4, 0.5) is 0 Å². The summed E-state index contributed by atoms with van der Waals surface area (Å²) in [5, 5.41) is 21.9. The molecule has 19 heavy (non-hydrogen) atoms. The molecule has 1 fully saturated rings. The highest BCUT2D eigenvalue weighted by molar-refractivity contribution is 5.76. The van der Waals surface area contributed by atoms with Crippen molar-refractivity contribution in [3.05, 3.63) is 29.8 Å². The van der Waals surface area contributed by atoms with Crippen molar-refractivity contribution in [1.29, 1.82) is 0 Å². The van der Waals surface area contributed by atoms with E-state index in [1.165, 1.54) is 0 Å². The van der Waals surface area contributed by atoms with E-state index in [1.54, 1.807) is 12.1 Å². The molecule has 0 spiro atoms. The van der Waals surface area contributed by atoms with Crippen molar-refractivity contribution in [2.75, 3.05) is 6.54 Å². The number of hydrogen-bond donors (Lipinski definition) is 3. The molecule has 0 radical (unpaired) electrons. The first-order valence-electron chi connectivity index (χ1n) is 6.87. The summed E-state index contributed by atoms with van der Waals surface area (Å²) < 4.78 is 0. The third-order valence-electron chi connectivity index (χ3n) is 3.71. The van der Waals surface area contributed by atoms with Gasteiger partial charge >= 0.3 is 0 Å². The van der Waals surface area contributed by atoms with Crippen LogP contribution in [0.3, 0.4) is 0 Å². The van der Waals surface area contributed by atoms with Crippen molar-refractivity contribution >= 4 is 5.91 Å². The lowest BCUT2D eigenvalue weighted by Gasteiger charge is -2.11. The third kappa shape index (κ3) is 4.24. The van der Waals surface area contributed by atoms with Crippen molar-refractivity contribution in [2.24, 2.45) is 5.92 Å². The second-order valence-electron chi connectivity index (χ2n) is 5.27. The summed E-state index contributed by atoms with van der Waals surface area (Å²) in [4.78, 5) is 11.7. The van der Waals surface area contributed by atoms with E-state index in [2.05, 4.69) is 5.32 Å². The first kappa shape index (κ1) is 13.9. The number of rotatable bonds is 5. The monoisotopic (exact) mass is 263 g/mol. The zero-order valence-corrected chi connectivity index (χ0v) is 11.0. The van der Waals surface area contributed by atoms with E-state index < -0.39 is 0 Å². The van der Waals surface area contributed by atoms with Gasteiger partial charge in [-0.1, -0.05) is 18.2 Å². The molecule has 4 heteroatoms. The first-order chi connectivity index (χ1) is 9.15. The highest BCUT2D eigenvalue weighted by Gasteiger charge is 2.22. The fourth-order valence-electron chi connectivity index (χ4n) is 2.55. The molecular formula is C15H21NO3. The Hall–Kier alpha value is -1.55. The summed E-state index contributed by atoms with van der Waals surface area (Å²) in [7, 11) is 0. The second kappa shape index (κ2) is 6.57. The van der Waals surface area contributed by atoms with Crippen LogP contribution in [0.25, 0.3) is 0 Å². The minimum atomic E-state index is -0.192. The van der Waals surface area contributed by atoms with E-state index in [1.807, 2.05) is 12.1 Å². The van der Waals surface area contributed by atoms with Crippen molar-refractivity contribution < 1.29 is 15.0 Å². The average molecular weight is 263 g/mol. The number of aliphatic hydroxyl groups is 1. The minimum absolute atomic E-state index is 0.00430. The Balaban J connectivity index is 1.69. The lowest BCUT2D eigenvalue weighted by atomic mass is 10.1. The van der Waals surface area contributed by atoms with Crippen LogP contribution in [0.1, 0.15) is 31.2 Å². The number of aromatic hydroxyl groups is 1. The zero-order chi connectivity index (χ0) is 13.7. The molecular weight excluding hydrogens is 242 g/mol. The van der Waals surface area contributed by atoms with Crippen LogP contribution in [0.5, 0.6) is 5.75 Å². The van der Waals surface area contributed by atoms with Gasteiger partial charge < -0.3 is 15.5 Å². The standard InChI is InChI=1S/C15H21NO3/c17-13-7-5-11(9-13)10-16-15(19)8-6-12-3-1-2-4-14(12)18/h1-4,11,13,17-18H,5-10H2,(H,16,19). The van der Waals surface area contributed by atoms with Gasteiger partial charge in [-0.15, -0.1) is 0 Å². The van der Waals surface area contributed by atoms with Crippen LogP contribution in [-0.2, 0) is 11.2 Å². The maximum atomic E-state index is 11.7. The summed E-state index contributed by atoms with van der Waals surface area (Å²) in [6.45, 7) is 0.649. The Kier molecular flexibility index (Phi) is 4.80. The van der Waals surface area contributed by atoms with Crippen LogP contribution >= 0.6 is 0 Å². The summed E-state index contributed by atoms with van der Waals surface area (Å²) in [6.07, 6.45) is 3.36. The number of para-hydroxylation sites is 1. The summed E-state index contributed by atoms with van der Waals surface area (Å²) in [5.41, 5.74) is 0.800.